The molecule has 1 amide bonds. The summed E-state index contributed by atoms with van der Waals surface area (Å²) in [6.45, 7) is 13.8. The summed E-state index contributed by atoms with van der Waals surface area (Å²) in [5.74, 6) is -0.834. The number of allylic oxidation sites excluding steroid dienone is 2. The molecule has 3 aliphatic heterocycles. The molecule has 290 valence electrons. The zero-order valence-electron chi connectivity index (χ0n) is 31.9. The normalized spacial score (nSPS) is 36.0. The highest BCUT2D eigenvalue weighted by Gasteiger charge is 2.47. The van der Waals surface area contributed by atoms with E-state index in [0.29, 0.717) is 51.2 Å². The molecule has 0 spiro atoms. The molecule has 11 nitrogen and oxygen atoms in total. The van der Waals surface area contributed by atoms with Gasteiger partial charge in [-0.3, -0.25) is 9.69 Å². The molecule has 0 aromatic carbocycles. The number of carbonyl (C=O) groups excluding carboxylic acids is 2. The number of epoxide rings is 1. The Morgan fingerprint density at radius 3 is 2.55 bits per heavy atom. The van der Waals surface area contributed by atoms with Gasteiger partial charge in [0.1, 0.15) is 11.7 Å². The zero-order valence-corrected chi connectivity index (χ0v) is 31.9. The van der Waals surface area contributed by atoms with Crippen molar-refractivity contribution in [3.8, 4) is 0 Å². The Bertz CT molecular complexity index is 1210. The van der Waals surface area contributed by atoms with Gasteiger partial charge in [0.25, 0.3) is 0 Å². The van der Waals surface area contributed by atoms with Gasteiger partial charge in [0, 0.05) is 50.5 Å². The summed E-state index contributed by atoms with van der Waals surface area (Å²) in [5, 5.41) is 43.6. The molecule has 11 heteroatoms. The number of hydrogen-bond acceptors (Lipinski definition) is 10. The van der Waals surface area contributed by atoms with Gasteiger partial charge in [0.2, 0.25) is 0 Å². The lowest BCUT2D eigenvalue weighted by atomic mass is 9.84. The number of aliphatic hydroxyl groups is 4. The van der Waals surface area contributed by atoms with Gasteiger partial charge in [-0.05, 0) is 70.8 Å². The van der Waals surface area contributed by atoms with E-state index in [1.54, 1.807) is 17.9 Å². The zero-order chi connectivity index (χ0) is 37.3. The molecule has 0 aromatic rings. The third-order valence-corrected chi connectivity index (χ3v) is 11.6. The first-order chi connectivity index (χ1) is 24.1. The number of ether oxygens (including phenoxy) is 3. The van der Waals surface area contributed by atoms with Gasteiger partial charge in [0.05, 0.1) is 36.4 Å². The van der Waals surface area contributed by atoms with Gasteiger partial charge in [-0.1, -0.05) is 64.5 Å². The predicted molar refractivity (Wildman–Crippen MR) is 196 cm³/mol. The van der Waals surface area contributed by atoms with E-state index in [0.717, 1.165) is 25.9 Å². The summed E-state index contributed by atoms with van der Waals surface area (Å²) in [6, 6.07) is 0.322. The molecule has 0 radical (unpaired) electrons. The fourth-order valence-electron chi connectivity index (χ4n) is 7.89. The fourth-order valence-corrected chi connectivity index (χ4v) is 7.89. The van der Waals surface area contributed by atoms with Crippen LogP contribution in [0.3, 0.4) is 0 Å². The summed E-state index contributed by atoms with van der Waals surface area (Å²) in [6.07, 6.45) is 13.9. The minimum Gasteiger partial charge on any atom is -0.461 e. The van der Waals surface area contributed by atoms with Crippen LogP contribution in [0.2, 0.25) is 0 Å². The van der Waals surface area contributed by atoms with Crippen molar-refractivity contribution in [3.05, 3.63) is 36.5 Å². The predicted octanol–water partition coefficient (Wildman–Crippen LogP) is 4.91. The van der Waals surface area contributed by atoms with E-state index in [9.17, 15) is 30.0 Å². The average molecular weight is 719 g/mol. The van der Waals surface area contributed by atoms with Gasteiger partial charge < -0.3 is 39.5 Å². The van der Waals surface area contributed by atoms with Gasteiger partial charge in [-0.25, -0.2) is 4.79 Å². The van der Waals surface area contributed by atoms with Crippen molar-refractivity contribution in [1.82, 2.24) is 9.80 Å². The number of piperazine rings is 1. The molecular weight excluding hydrogens is 652 g/mol. The van der Waals surface area contributed by atoms with Crippen molar-refractivity contribution < 1.29 is 44.2 Å². The van der Waals surface area contributed by atoms with Crippen LogP contribution in [0.25, 0.3) is 0 Å². The van der Waals surface area contributed by atoms with Crippen molar-refractivity contribution in [2.75, 3.05) is 26.2 Å². The van der Waals surface area contributed by atoms with E-state index >= 15 is 0 Å². The van der Waals surface area contributed by atoms with Crippen LogP contribution in [0.4, 0.5) is 4.79 Å². The van der Waals surface area contributed by atoms with Crippen LogP contribution in [0.1, 0.15) is 106 Å². The number of esters is 1. The van der Waals surface area contributed by atoms with Crippen molar-refractivity contribution >= 4 is 12.1 Å². The summed E-state index contributed by atoms with van der Waals surface area (Å²) >= 11 is 0. The lowest BCUT2D eigenvalue weighted by molar-refractivity contribution is -0.156. The highest BCUT2D eigenvalue weighted by atomic mass is 16.6. The van der Waals surface area contributed by atoms with Crippen LogP contribution < -0.4 is 0 Å². The monoisotopic (exact) mass is 718 g/mol. The van der Waals surface area contributed by atoms with Crippen LogP contribution in [0.15, 0.2) is 36.5 Å². The smallest absolute Gasteiger partial charge is 0.410 e. The van der Waals surface area contributed by atoms with Crippen molar-refractivity contribution in [2.24, 2.45) is 17.8 Å². The van der Waals surface area contributed by atoms with E-state index in [1.165, 1.54) is 0 Å². The summed E-state index contributed by atoms with van der Waals surface area (Å²) in [7, 11) is 0. The fraction of sp³-hybridized carbons (Fsp3) is 0.800. The first kappa shape index (κ1) is 41.5. The van der Waals surface area contributed by atoms with Crippen LogP contribution in [-0.4, -0.2) is 122 Å². The molecule has 3 heterocycles. The standard InChI is InChI=1S/C40H66N2O9/c1-7-32(44)29(4)37-33(49-37)26-39(5,47)19-12-13-27(2)36-28(3)16-17-34(40(6,48)20-18-31(43)25-35(45)51-36)50-38(46)42-23-21-41(22-24-42)30-14-10-8-9-11-15-30/h8,10-11,15-17,27-34,36-37,43-44,47-48H,7,9,12-14,18-26H2,1-6H3/b17-16+/t27?,28-,29+,30+,31+,32-,33+,34-,36+,37+,39-,40+/m0/s1. The first-order valence-electron chi connectivity index (χ1n) is 19.5. The summed E-state index contributed by atoms with van der Waals surface area (Å²) in [4.78, 5) is 30.5. The topological polar surface area (TPSA) is 153 Å². The maximum atomic E-state index is 13.5. The Morgan fingerprint density at radius 2 is 1.84 bits per heavy atom. The molecule has 2 fully saturated rings. The second kappa shape index (κ2) is 18.7. The van der Waals surface area contributed by atoms with E-state index in [1.807, 2.05) is 40.7 Å². The molecule has 2 saturated heterocycles. The van der Waals surface area contributed by atoms with E-state index in [-0.39, 0.29) is 49.2 Å². The molecule has 4 rings (SSSR count). The van der Waals surface area contributed by atoms with Crippen LogP contribution in [0, 0.1) is 17.8 Å². The number of rotatable bonds is 12. The number of hydrogen-bond donors (Lipinski definition) is 4. The number of amides is 1. The Kier molecular flexibility index (Phi) is 15.2. The average Bonchev–Trinajstić information content (AvgIpc) is 3.89. The largest absolute Gasteiger partial charge is 0.461 e. The van der Waals surface area contributed by atoms with Crippen molar-refractivity contribution in [1.29, 1.82) is 0 Å². The Morgan fingerprint density at radius 1 is 1.12 bits per heavy atom. The van der Waals surface area contributed by atoms with Gasteiger partial charge in [-0.2, -0.15) is 0 Å². The molecule has 12 atom stereocenters. The molecule has 0 aromatic heterocycles. The third kappa shape index (κ3) is 12.4. The lowest BCUT2D eigenvalue weighted by Crippen LogP contribution is -2.53. The van der Waals surface area contributed by atoms with Crippen molar-refractivity contribution in [3.63, 3.8) is 0 Å². The summed E-state index contributed by atoms with van der Waals surface area (Å²) < 4.78 is 17.8. The van der Waals surface area contributed by atoms with Gasteiger partial charge in [-0.15, -0.1) is 0 Å². The number of aliphatic hydroxyl groups excluding tert-OH is 2. The highest BCUT2D eigenvalue weighted by molar-refractivity contribution is 5.70. The molecule has 4 aliphatic rings. The van der Waals surface area contributed by atoms with Gasteiger partial charge in [0.15, 0.2) is 6.10 Å². The highest BCUT2D eigenvalue weighted by Crippen LogP contribution is 2.39. The number of nitrogens with zero attached hydrogens (tertiary/aromatic N) is 2. The number of carbonyl (C=O) groups is 2. The molecule has 1 unspecified atom stereocenters. The van der Waals surface area contributed by atoms with Gasteiger partial charge >= 0.3 is 12.1 Å². The van der Waals surface area contributed by atoms with Crippen LogP contribution in [-0.2, 0) is 19.0 Å². The van der Waals surface area contributed by atoms with Crippen LogP contribution in [0.5, 0.6) is 0 Å². The summed E-state index contributed by atoms with van der Waals surface area (Å²) in [5.41, 5.74) is -2.41. The molecular formula is C40H66N2O9. The van der Waals surface area contributed by atoms with E-state index in [2.05, 4.69) is 29.2 Å². The lowest BCUT2D eigenvalue weighted by Gasteiger charge is -2.39. The maximum Gasteiger partial charge on any atom is 0.410 e. The second-order valence-corrected chi connectivity index (χ2v) is 16.3. The minimum absolute atomic E-state index is 0.0220. The molecule has 0 saturated carbocycles. The Hall–Kier alpha value is -2.28. The van der Waals surface area contributed by atoms with E-state index in [4.69, 9.17) is 14.2 Å². The first-order valence-corrected chi connectivity index (χ1v) is 19.5. The third-order valence-electron chi connectivity index (χ3n) is 11.6. The molecule has 4 N–H and O–H groups in total. The van der Waals surface area contributed by atoms with Crippen molar-refractivity contribution in [2.45, 2.75) is 160 Å². The SMILES string of the molecule is CC[C@H](O)[C@@H](C)[C@H]1O[C@@H]1C[C@@](C)(O)CCCC(C)[C@H]1OC(=O)C[C@H](O)CC[C@@](C)(O)[C@@H](OC(=O)N2CCN([C@H]3C=CCC=CC3)CC2)/C=C/[C@@H]1C. The number of cyclic esters (lactones) is 1. The molecule has 1 aliphatic carbocycles. The quantitative estimate of drug-likeness (QED) is 0.125. The maximum absolute atomic E-state index is 13.5. The molecule has 51 heavy (non-hydrogen) atoms. The minimum atomic E-state index is -1.47. The Balaban J connectivity index is 1.36. The molecule has 0 bridgehead atoms. The van der Waals surface area contributed by atoms with E-state index < -0.39 is 47.7 Å². The second-order valence-electron chi connectivity index (χ2n) is 16.3. The Labute approximate surface area is 305 Å². The van der Waals surface area contributed by atoms with Crippen LogP contribution >= 0.6 is 0 Å².